The summed E-state index contributed by atoms with van der Waals surface area (Å²) in [6, 6.07) is 0. The van der Waals surface area contributed by atoms with Crippen molar-refractivity contribution in [3.8, 4) is 0 Å². The second-order valence-corrected chi connectivity index (χ2v) is 4.46. The number of hydrogen-bond acceptors (Lipinski definition) is 13. The van der Waals surface area contributed by atoms with E-state index in [1.807, 2.05) is 0 Å². The normalized spacial score (nSPS) is 50.4. The van der Waals surface area contributed by atoms with Crippen molar-refractivity contribution < 1.29 is 63.9 Å². The lowest BCUT2D eigenvalue weighted by atomic mass is 9.85. The van der Waals surface area contributed by atoms with Crippen LogP contribution in [0.2, 0.25) is 0 Å². The van der Waals surface area contributed by atoms with Gasteiger partial charge in [-0.1, -0.05) is 0 Å². The third-order valence-corrected chi connectivity index (χ3v) is 3.33. The van der Waals surface area contributed by atoms with Gasteiger partial charge in [0.2, 0.25) is 0 Å². The fourth-order valence-electron chi connectivity index (χ4n) is 2.30. The Labute approximate surface area is 113 Å². The number of carbonyl (C=O) groups excluding carboxylic acids is 2. The zero-order valence-corrected chi connectivity index (χ0v) is 9.75. The number of rotatable bonds is 1. The molecule has 0 amide bonds. The SMILES string of the molecule is O=C1O[C@@]2(CO)OC(O)(O)[C@]3(O)OC(=O)O[C@@]3(O)[C@]2(O)O1. The molecule has 21 heavy (non-hydrogen) atoms. The summed E-state index contributed by atoms with van der Waals surface area (Å²) in [5.41, 5.74) is 0. The summed E-state index contributed by atoms with van der Waals surface area (Å²) in [7, 11) is 0. The summed E-state index contributed by atoms with van der Waals surface area (Å²) < 4.78 is 20.9. The number of hydrogen-bond donors (Lipinski definition) is 6. The van der Waals surface area contributed by atoms with E-state index in [1.165, 1.54) is 0 Å². The van der Waals surface area contributed by atoms with Crippen LogP contribution in [0, 0.1) is 0 Å². The van der Waals surface area contributed by atoms with Crippen molar-refractivity contribution in [2.75, 3.05) is 6.61 Å². The molecule has 4 atom stereocenters. The largest absolute Gasteiger partial charge is 0.514 e. The fraction of sp³-hybridized carbons (Fsp3) is 0.750. The van der Waals surface area contributed by atoms with E-state index in [4.69, 9.17) is 0 Å². The van der Waals surface area contributed by atoms with E-state index in [2.05, 4.69) is 23.7 Å². The van der Waals surface area contributed by atoms with Crippen LogP contribution in [0.3, 0.4) is 0 Å². The average molecular weight is 312 g/mol. The zero-order chi connectivity index (χ0) is 15.9. The lowest BCUT2D eigenvalue weighted by Gasteiger charge is -2.53. The van der Waals surface area contributed by atoms with Gasteiger partial charge in [-0.2, -0.15) is 0 Å². The second-order valence-electron chi connectivity index (χ2n) is 4.46. The van der Waals surface area contributed by atoms with Crippen LogP contribution in [-0.2, 0) is 23.7 Å². The quantitative estimate of drug-likeness (QED) is 0.201. The number of aliphatic hydroxyl groups is 6. The van der Waals surface area contributed by atoms with Crippen LogP contribution < -0.4 is 0 Å². The molecule has 0 aliphatic carbocycles. The maximum absolute atomic E-state index is 11.2. The van der Waals surface area contributed by atoms with E-state index < -0.39 is 48.0 Å². The first kappa shape index (κ1) is 14.2. The van der Waals surface area contributed by atoms with E-state index in [9.17, 15) is 40.2 Å². The van der Waals surface area contributed by atoms with Gasteiger partial charge in [0.05, 0.1) is 0 Å². The highest BCUT2D eigenvalue weighted by molar-refractivity contribution is 5.68. The third-order valence-electron chi connectivity index (χ3n) is 3.33. The molecular weight excluding hydrogens is 304 g/mol. The molecule has 118 valence electrons. The summed E-state index contributed by atoms with van der Waals surface area (Å²) in [4.78, 5) is 22.3. The van der Waals surface area contributed by atoms with Gasteiger partial charge in [-0.05, 0) is 0 Å². The number of ether oxygens (including phenoxy) is 5. The Balaban J connectivity index is 2.27. The van der Waals surface area contributed by atoms with Gasteiger partial charge < -0.3 is 49.6 Å². The van der Waals surface area contributed by atoms with Gasteiger partial charge in [-0.15, -0.1) is 0 Å². The molecule has 0 bridgehead atoms. The summed E-state index contributed by atoms with van der Waals surface area (Å²) >= 11 is 0. The molecule has 0 aromatic heterocycles. The molecule has 0 aromatic carbocycles. The number of carbonyl (C=O) groups is 2. The molecule has 3 aliphatic rings. The van der Waals surface area contributed by atoms with Gasteiger partial charge in [0.25, 0.3) is 0 Å². The molecule has 3 heterocycles. The highest BCUT2D eigenvalue weighted by atomic mass is 17.0. The van der Waals surface area contributed by atoms with Crippen molar-refractivity contribution in [3.63, 3.8) is 0 Å². The minimum Gasteiger partial charge on any atom is -0.391 e. The molecule has 0 radical (unpaired) electrons. The minimum atomic E-state index is -3.96. The fourth-order valence-corrected chi connectivity index (χ4v) is 2.30. The van der Waals surface area contributed by atoms with Gasteiger partial charge in [-0.25, -0.2) is 9.59 Å². The average Bonchev–Trinajstić information content (AvgIpc) is 2.73. The Kier molecular flexibility index (Phi) is 2.27. The van der Waals surface area contributed by atoms with E-state index in [-0.39, 0.29) is 0 Å². The summed E-state index contributed by atoms with van der Waals surface area (Å²) in [5, 5.41) is 58.8. The Hall–Kier alpha value is -1.74. The van der Waals surface area contributed by atoms with Crippen molar-refractivity contribution in [1.82, 2.24) is 0 Å². The summed E-state index contributed by atoms with van der Waals surface area (Å²) in [6.45, 7) is -1.49. The van der Waals surface area contributed by atoms with Crippen molar-refractivity contribution in [3.05, 3.63) is 0 Å². The predicted molar refractivity (Wildman–Crippen MR) is 48.1 cm³/mol. The first-order valence-corrected chi connectivity index (χ1v) is 5.24. The summed E-state index contributed by atoms with van der Waals surface area (Å²) in [5.74, 6) is -18.3. The van der Waals surface area contributed by atoms with Crippen LogP contribution in [-0.4, -0.2) is 78.7 Å². The molecule has 3 rings (SSSR count). The molecule has 0 saturated carbocycles. The predicted octanol–water partition coefficient (Wildman–Crippen LogP) is -4.26. The van der Waals surface area contributed by atoms with Crippen LogP contribution >= 0.6 is 0 Å². The molecule has 3 fully saturated rings. The van der Waals surface area contributed by atoms with Crippen molar-refractivity contribution >= 4 is 12.3 Å². The standard InChI is InChI=1S/C8H8O13/c9-1-4-5(12,18-2(10)17-4)6(13)7(14,8(15,16)21-4)20-3(11)19-6/h9,12-16H,1H2/t4-,5+,6-,7+/m0/s1. The van der Waals surface area contributed by atoms with Crippen LogP contribution in [0.4, 0.5) is 9.59 Å². The van der Waals surface area contributed by atoms with E-state index in [0.717, 1.165) is 0 Å². The first-order chi connectivity index (χ1) is 9.47. The smallest absolute Gasteiger partial charge is 0.391 e. The molecule has 0 unspecified atom stereocenters. The van der Waals surface area contributed by atoms with Gasteiger partial charge in [-0.3, -0.25) is 4.74 Å². The summed E-state index contributed by atoms with van der Waals surface area (Å²) in [6.07, 6.45) is -3.62. The van der Waals surface area contributed by atoms with Crippen LogP contribution in [0.25, 0.3) is 0 Å². The minimum absolute atomic E-state index is 1.49. The molecular formula is C8H8O13. The van der Waals surface area contributed by atoms with Crippen molar-refractivity contribution in [1.29, 1.82) is 0 Å². The highest BCUT2D eigenvalue weighted by Crippen LogP contribution is 2.59. The Morgan fingerprint density at radius 3 is 1.81 bits per heavy atom. The molecule has 13 heteroatoms. The maximum Gasteiger partial charge on any atom is 0.514 e. The van der Waals surface area contributed by atoms with Crippen LogP contribution in [0.5, 0.6) is 0 Å². The Morgan fingerprint density at radius 1 is 0.762 bits per heavy atom. The monoisotopic (exact) mass is 312 g/mol. The van der Waals surface area contributed by atoms with Crippen molar-refractivity contribution in [2.45, 2.75) is 29.1 Å². The van der Waals surface area contributed by atoms with Gasteiger partial charge in [0.1, 0.15) is 6.61 Å². The number of aliphatic hydroxyl groups excluding tert-OH is 1. The lowest BCUT2D eigenvalue weighted by Crippen LogP contribution is -2.86. The number of fused-ring (bicyclic) bond motifs is 3. The zero-order valence-electron chi connectivity index (χ0n) is 9.75. The first-order valence-electron chi connectivity index (χ1n) is 5.24. The molecule has 13 nitrogen and oxygen atoms in total. The maximum atomic E-state index is 11.2. The Morgan fingerprint density at radius 2 is 1.24 bits per heavy atom. The third kappa shape index (κ3) is 1.21. The lowest BCUT2D eigenvalue weighted by molar-refractivity contribution is -0.603. The van der Waals surface area contributed by atoms with E-state index >= 15 is 0 Å². The van der Waals surface area contributed by atoms with Gasteiger partial charge in [0, 0.05) is 0 Å². The van der Waals surface area contributed by atoms with Gasteiger partial charge in [0.15, 0.2) is 0 Å². The highest BCUT2D eigenvalue weighted by Gasteiger charge is 2.95. The van der Waals surface area contributed by atoms with E-state index in [1.54, 1.807) is 0 Å². The van der Waals surface area contributed by atoms with Crippen LogP contribution in [0.15, 0.2) is 0 Å². The topological polar surface area (TPSA) is 202 Å². The van der Waals surface area contributed by atoms with Crippen molar-refractivity contribution in [2.24, 2.45) is 0 Å². The molecule has 6 N–H and O–H groups in total. The molecule has 0 spiro atoms. The molecule has 3 saturated heterocycles. The second kappa shape index (κ2) is 3.36. The van der Waals surface area contributed by atoms with Gasteiger partial charge >= 0.3 is 41.4 Å². The molecule has 3 aliphatic heterocycles. The molecule has 0 aromatic rings. The van der Waals surface area contributed by atoms with Crippen LogP contribution in [0.1, 0.15) is 0 Å². The Bertz CT molecular complexity index is 544. The van der Waals surface area contributed by atoms with E-state index in [0.29, 0.717) is 0 Å².